The van der Waals surface area contributed by atoms with Crippen LogP contribution in [0, 0.1) is 5.41 Å². The Morgan fingerprint density at radius 2 is 2.25 bits per heavy atom. The van der Waals surface area contributed by atoms with Crippen LogP contribution < -0.4 is 0 Å². The Balaban J connectivity index is 2.26. The average molecular weight is 220 g/mol. The number of aromatic nitrogens is 2. The Labute approximate surface area is 94.7 Å². The summed E-state index contributed by atoms with van der Waals surface area (Å²) in [7, 11) is 0. The first-order valence-electron chi connectivity index (χ1n) is 5.62. The van der Waals surface area contributed by atoms with Crippen LogP contribution in [0.1, 0.15) is 44.4 Å². The van der Waals surface area contributed by atoms with Crippen LogP contribution in [0.25, 0.3) is 0 Å². The summed E-state index contributed by atoms with van der Waals surface area (Å²) in [6, 6.07) is 0. The zero-order chi connectivity index (χ0) is 11.6. The lowest BCUT2D eigenvalue weighted by atomic mass is 9.70. The van der Waals surface area contributed by atoms with Gasteiger partial charge in [-0.1, -0.05) is 6.42 Å². The molecular weight excluding hydrogens is 204 g/mol. The SMILES string of the molecule is C[C@@]1(C(O)c2cnccn2)CCCCC1=O. The highest BCUT2D eigenvalue weighted by Crippen LogP contribution is 2.42. The van der Waals surface area contributed by atoms with Gasteiger partial charge in [0, 0.05) is 18.8 Å². The highest BCUT2D eigenvalue weighted by molar-refractivity contribution is 5.85. The van der Waals surface area contributed by atoms with Gasteiger partial charge in [0.15, 0.2) is 0 Å². The summed E-state index contributed by atoms with van der Waals surface area (Å²) in [5.74, 6) is 0.136. The quantitative estimate of drug-likeness (QED) is 0.823. The number of hydrogen-bond acceptors (Lipinski definition) is 4. The maximum absolute atomic E-state index is 11.9. The zero-order valence-electron chi connectivity index (χ0n) is 9.39. The lowest BCUT2D eigenvalue weighted by Crippen LogP contribution is -2.37. The Morgan fingerprint density at radius 1 is 1.44 bits per heavy atom. The van der Waals surface area contributed by atoms with E-state index in [1.54, 1.807) is 6.20 Å². The molecule has 86 valence electrons. The number of hydrogen-bond donors (Lipinski definition) is 1. The number of aliphatic hydroxyl groups excluding tert-OH is 1. The van der Waals surface area contributed by atoms with Crippen molar-refractivity contribution in [2.75, 3.05) is 0 Å². The van der Waals surface area contributed by atoms with Crippen LogP contribution in [-0.4, -0.2) is 20.9 Å². The van der Waals surface area contributed by atoms with E-state index in [1.165, 1.54) is 12.4 Å². The van der Waals surface area contributed by atoms with Crippen molar-refractivity contribution in [3.63, 3.8) is 0 Å². The molecule has 4 nitrogen and oxygen atoms in total. The molecule has 0 aliphatic heterocycles. The lowest BCUT2D eigenvalue weighted by molar-refractivity contribution is -0.138. The molecule has 4 heteroatoms. The van der Waals surface area contributed by atoms with Crippen molar-refractivity contribution < 1.29 is 9.90 Å². The first-order valence-corrected chi connectivity index (χ1v) is 5.62. The third-order valence-electron chi connectivity index (χ3n) is 3.45. The molecule has 1 fully saturated rings. The minimum Gasteiger partial charge on any atom is -0.386 e. The molecule has 1 aliphatic carbocycles. The summed E-state index contributed by atoms with van der Waals surface area (Å²) >= 11 is 0. The molecule has 1 N–H and O–H groups in total. The van der Waals surface area contributed by atoms with Gasteiger partial charge in [-0.3, -0.25) is 14.8 Å². The van der Waals surface area contributed by atoms with Crippen molar-refractivity contribution in [1.82, 2.24) is 9.97 Å². The molecule has 2 rings (SSSR count). The van der Waals surface area contributed by atoms with Gasteiger partial charge in [0.1, 0.15) is 11.9 Å². The lowest BCUT2D eigenvalue weighted by Gasteiger charge is -2.35. The molecule has 1 saturated carbocycles. The number of carbonyl (C=O) groups is 1. The predicted molar refractivity (Wildman–Crippen MR) is 58.6 cm³/mol. The van der Waals surface area contributed by atoms with Gasteiger partial charge in [0.2, 0.25) is 0 Å². The second-order valence-electron chi connectivity index (χ2n) is 4.58. The Bertz CT molecular complexity index is 380. The maximum atomic E-state index is 11.9. The third-order valence-corrected chi connectivity index (χ3v) is 3.45. The highest BCUT2D eigenvalue weighted by Gasteiger charge is 2.42. The topological polar surface area (TPSA) is 63.1 Å². The van der Waals surface area contributed by atoms with E-state index in [9.17, 15) is 9.90 Å². The van der Waals surface area contributed by atoms with E-state index in [4.69, 9.17) is 0 Å². The fourth-order valence-electron chi connectivity index (χ4n) is 2.27. The molecule has 0 saturated heterocycles. The molecule has 0 aromatic carbocycles. The number of aliphatic hydroxyl groups is 1. The Kier molecular flexibility index (Phi) is 3.01. The van der Waals surface area contributed by atoms with Crippen LogP contribution in [0.15, 0.2) is 18.6 Å². The summed E-state index contributed by atoms with van der Waals surface area (Å²) in [5.41, 5.74) is -0.200. The van der Waals surface area contributed by atoms with Gasteiger partial charge in [0.05, 0.1) is 17.3 Å². The third kappa shape index (κ3) is 1.85. The van der Waals surface area contributed by atoms with E-state index in [2.05, 4.69) is 9.97 Å². The van der Waals surface area contributed by atoms with Gasteiger partial charge < -0.3 is 5.11 Å². The second-order valence-corrected chi connectivity index (χ2v) is 4.58. The first-order chi connectivity index (χ1) is 7.64. The zero-order valence-corrected chi connectivity index (χ0v) is 9.39. The molecule has 1 aromatic rings. The van der Waals surface area contributed by atoms with E-state index in [0.29, 0.717) is 12.1 Å². The van der Waals surface area contributed by atoms with Gasteiger partial charge in [-0.2, -0.15) is 0 Å². The fourth-order valence-corrected chi connectivity index (χ4v) is 2.27. The fraction of sp³-hybridized carbons (Fsp3) is 0.583. The average Bonchev–Trinajstić information content (AvgIpc) is 2.33. The van der Waals surface area contributed by atoms with Gasteiger partial charge in [-0.15, -0.1) is 0 Å². The minimum absolute atomic E-state index is 0.136. The van der Waals surface area contributed by atoms with Crippen LogP contribution in [0.2, 0.25) is 0 Å². The predicted octanol–water partition coefficient (Wildman–Crippen LogP) is 1.66. The molecule has 0 spiro atoms. The van der Waals surface area contributed by atoms with E-state index in [-0.39, 0.29) is 5.78 Å². The highest BCUT2D eigenvalue weighted by atomic mass is 16.3. The summed E-state index contributed by atoms with van der Waals surface area (Å²) < 4.78 is 0. The maximum Gasteiger partial charge on any atom is 0.141 e. The van der Waals surface area contributed by atoms with E-state index in [1.807, 2.05) is 6.92 Å². The summed E-state index contributed by atoms with van der Waals surface area (Å²) in [4.78, 5) is 19.9. The largest absolute Gasteiger partial charge is 0.386 e. The van der Waals surface area contributed by atoms with E-state index >= 15 is 0 Å². The normalized spacial score (nSPS) is 27.8. The van der Waals surface area contributed by atoms with Crippen molar-refractivity contribution in [2.45, 2.75) is 38.7 Å². The summed E-state index contributed by atoms with van der Waals surface area (Å²) in [5, 5.41) is 10.3. The molecule has 1 aromatic heterocycles. The molecule has 1 unspecified atom stereocenters. The number of carbonyl (C=O) groups excluding carboxylic acids is 1. The van der Waals surface area contributed by atoms with Crippen LogP contribution >= 0.6 is 0 Å². The van der Waals surface area contributed by atoms with E-state index < -0.39 is 11.5 Å². The first kappa shape index (κ1) is 11.2. The van der Waals surface area contributed by atoms with Crippen molar-refractivity contribution in [2.24, 2.45) is 5.41 Å². The molecule has 0 bridgehead atoms. The van der Waals surface area contributed by atoms with Gasteiger partial charge in [-0.05, 0) is 19.8 Å². The van der Waals surface area contributed by atoms with Crippen molar-refractivity contribution in [1.29, 1.82) is 0 Å². The number of rotatable bonds is 2. The molecule has 1 heterocycles. The molecule has 0 amide bonds. The van der Waals surface area contributed by atoms with E-state index in [0.717, 1.165) is 19.3 Å². The molecule has 2 atom stereocenters. The molecular formula is C12H16N2O2. The Morgan fingerprint density at radius 3 is 2.88 bits per heavy atom. The molecule has 1 aliphatic rings. The van der Waals surface area contributed by atoms with Gasteiger partial charge >= 0.3 is 0 Å². The minimum atomic E-state index is -0.839. The number of Topliss-reactive ketones (excluding diaryl/α,β-unsaturated/α-hetero) is 1. The van der Waals surface area contributed by atoms with Crippen molar-refractivity contribution in [3.8, 4) is 0 Å². The van der Waals surface area contributed by atoms with Crippen LogP contribution in [0.4, 0.5) is 0 Å². The standard InChI is InChI=1S/C12H16N2O2/c1-12(5-3-2-4-10(12)15)11(16)9-8-13-6-7-14-9/h6-8,11,16H,2-5H2,1H3/t11?,12-/m1/s1. The monoisotopic (exact) mass is 220 g/mol. The molecule has 0 radical (unpaired) electrons. The summed E-state index contributed by atoms with van der Waals surface area (Å²) in [6.07, 6.45) is 6.99. The molecule has 16 heavy (non-hydrogen) atoms. The van der Waals surface area contributed by atoms with Crippen molar-refractivity contribution >= 4 is 5.78 Å². The van der Waals surface area contributed by atoms with Crippen molar-refractivity contribution in [3.05, 3.63) is 24.3 Å². The number of nitrogens with zero attached hydrogens (tertiary/aromatic N) is 2. The second kappa shape index (κ2) is 4.29. The van der Waals surface area contributed by atoms with Gasteiger partial charge in [-0.25, -0.2) is 0 Å². The summed E-state index contributed by atoms with van der Waals surface area (Å²) in [6.45, 7) is 1.83. The smallest absolute Gasteiger partial charge is 0.141 e. The van der Waals surface area contributed by atoms with Crippen LogP contribution in [0.5, 0.6) is 0 Å². The number of ketones is 1. The Hall–Kier alpha value is -1.29. The van der Waals surface area contributed by atoms with Crippen LogP contribution in [-0.2, 0) is 4.79 Å². The van der Waals surface area contributed by atoms with Gasteiger partial charge in [0.25, 0.3) is 0 Å². The van der Waals surface area contributed by atoms with Crippen LogP contribution in [0.3, 0.4) is 0 Å².